The van der Waals surface area contributed by atoms with Crippen molar-refractivity contribution in [3.63, 3.8) is 0 Å². The third kappa shape index (κ3) is 3.51. The predicted octanol–water partition coefficient (Wildman–Crippen LogP) is 3.74. The molecular formula is C11H7ClIN3O3. The van der Waals surface area contributed by atoms with Gasteiger partial charge < -0.3 is 4.74 Å². The monoisotopic (exact) mass is 391 g/mol. The van der Waals surface area contributed by atoms with Gasteiger partial charge in [0.1, 0.15) is 16.7 Å². The second-order valence-corrected chi connectivity index (χ2v) is 5.10. The van der Waals surface area contributed by atoms with Gasteiger partial charge in [0.2, 0.25) is 5.88 Å². The van der Waals surface area contributed by atoms with E-state index < -0.39 is 4.92 Å². The molecule has 1 heterocycles. The van der Waals surface area contributed by atoms with Crippen molar-refractivity contribution in [3.8, 4) is 11.6 Å². The first-order valence-electron chi connectivity index (χ1n) is 5.08. The summed E-state index contributed by atoms with van der Waals surface area (Å²) in [5, 5.41) is 11.0. The Hall–Kier alpha value is -1.48. The highest BCUT2D eigenvalue weighted by atomic mass is 127. The molecule has 0 fully saturated rings. The lowest BCUT2D eigenvalue weighted by Crippen LogP contribution is -1.96. The quantitative estimate of drug-likeness (QED) is 0.345. The molecule has 0 bridgehead atoms. The molecule has 0 N–H and O–H groups in total. The molecule has 19 heavy (non-hydrogen) atoms. The van der Waals surface area contributed by atoms with E-state index in [1.807, 2.05) is 22.6 Å². The fourth-order valence-corrected chi connectivity index (χ4v) is 2.02. The molecule has 0 amide bonds. The Morgan fingerprint density at radius 3 is 2.74 bits per heavy atom. The van der Waals surface area contributed by atoms with Crippen LogP contribution >= 0.6 is 34.2 Å². The smallest absolute Gasteiger partial charge is 0.273 e. The molecular weight excluding hydrogens is 384 g/mol. The number of hydrogen-bond acceptors (Lipinski definition) is 5. The number of nitrogens with zero attached hydrogens (tertiary/aromatic N) is 3. The maximum Gasteiger partial charge on any atom is 0.273 e. The minimum atomic E-state index is -0.485. The van der Waals surface area contributed by atoms with Crippen molar-refractivity contribution in [1.82, 2.24) is 9.97 Å². The number of aromatic nitrogens is 2. The molecule has 0 aliphatic heterocycles. The summed E-state index contributed by atoms with van der Waals surface area (Å²) in [6, 6.07) is 5.80. The number of non-ortho nitro benzene ring substituents is 1. The van der Waals surface area contributed by atoms with E-state index in [9.17, 15) is 10.1 Å². The molecule has 98 valence electrons. The largest absolute Gasteiger partial charge is 0.437 e. The van der Waals surface area contributed by atoms with Crippen LogP contribution in [0.2, 0.25) is 5.15 Å². The molecule has 8 heteroatoms. The summed E-state index contributed by atoms with van der Waals surface area (Å²) in [4.78, 5) is 18.2. The van der Waals surface area contributed by atoms with Gasteiger partial charge in [-0.25, -0.2) is 4.98 Å². The first kappa shape index (κ1) is 13.9. The average Bonchev–Trinajstić information content (AvgIpc) is 2.30. The van der Waals surface area contributed by atoms with Crippen LogP contribution in [0.25, 0.3) is 0 Å². The van der Waals surface area contributed by atoms with E-state index in [1.165, 1.54) is 18.2 Å². The van der Waals surface area contributed by atoms with E-state index in [0.717, 1.165) is 3.57 Å². The van der Waals surface area contributed by atoms with Crippen LogP contribution in [-0.2, 0) is 0 Å². The predicted molar refractivity (Wildman–Crippen MR) is 77.7 cm³/mol. The molecule has 2 aromatic rings. The average molecular weight is 392 g/mol. The fourth-order valence-electron chi connectivity index (χ4n) is 1.35. The summed E-state index contributed by atoms with van der Waals surface area (Å²) in [5.41, 5.74) is -0.0488. The van der Waals surface area contributed by atoms with Gasteiger partial charge in [0.15, 0.2) is 0 Å². The van der Waals surface area contributed by atoms with Gasteiger partial charge in [0, 0.05) is 12.1 Å². The summed E-state index contributed by atoms with van der Waals surface area (Å²) in [6.07, 6.45) is 0. The minimum Gasteiger partial charge on any atom is -0.437 e. The Bertz CT molecular complexity index is 631. The zero-order valence-electron chi connectivity index (χ0n) is 9.63. The number of aryl methyl sites for hydroxylation is 1. The molecule has 6 nitrogen and oxygen atoms in total. The second-order valence-electron chi connectivity index (χ2n) is 3.55. The summed E-state index contributed by atoms with van der Waals surface area (Å²) in [6.45, 7) is 1.68. The third-order valence-electron chi connectivity index (χ3n) is 2.12. The Labute approximate surface area is 127 Å². The van der Waals surface area contributed by atoms with Crippen LogP contribution in [-0.4, -0.2) is 14.9 Å². The van der Waals surface area contributed by atoms with Crippen molar-refractivity contribution in [2.75, 3.05) is 0 Å². The van der Waals surface area contributed by atoms with Crippen molar-refractivity contribution in [2.45, 2.75) is 6.92 Å². The van der Waals surface area contributed by atoms with Gasteiger partial charge in [-0.3, -0.25) is 10.1 Å². The highest BCUT2D eigenvalue weighted by Crippen LogP contribution is 2.30. The van der Waals surface area contributed by atoms with E-state index in [0.29, 0.717) is 11.6 Å². The van der Waals surface area contributed by atoms with E-state index in [4.69, 9.17) is 16.3 Å². The second kappa shape index (κ2) is 5.66. The highest BCUT2D eigenvalue weighted by Gasteiger charge is 2.12. The lowest BCUT2D eigenvalue weighted by atomic mass is 10.3. The van der Waals surface area contributed by atoms with E-state index in [2.05, 4.69) is 9.97 Å². The van der Waals surface area contributed by atoms with Gasteiger partial charge in [-0.2, -0.15) is 4.98 Å². The molecule has 0 unspecified atom stereocenters. The zero-order valence-corrected chi connectivity index (χ0v) is 12.5. The topological polar surface area (TPSA) is 78.2 Å². The number of nitro benzene ring substituents is 1. The molecule has 2 rings (SSSR count). The van der Waals surface area contributed by atoms with E-state index >= 15 is 0 Å². The minimum absolute atomic E-state index is 0.0488. The van der Waals surface area contributed by atoms with Gasteiger partial charge in [-0.15, -0.1) is 0 Å². The van der Waals surface area contributed by atoms with Gasteiger partial charge in [-0.05, 0) is 35.6 Å². The Morgan fingerprint density at radius 2 is 2.11 bits per heavy atom. The number of hydrogen-bond donors (Lipinski definition) is 0. The SMILES string of the molecule is Cc1nc(Cl)cc(Oc2cc([N+](=O)[O-])ccc2I)n1. The molecule has 1 aromatic heterocycles. The van der Waals surface area contributed by atoms with Crippen molar-refractivity contribution in [1.29, 1.82) is 0 Å². The number of nitro groups is 1. The standard InChI is InChI=1S/C11H7ClIN3O3/c1-6-14-10(12)5-11(15-6)19-9-4-7(16(17)18)2-3-8(9)13/h2-5H,1H3. The van der Waals surface area contributed by atoms with Crippen LogP contribution in [0.4, 0.5) is 5.69 Å². The summed E-state index contributed by atoms with van der Waals surface area (Å²) >= 11 is 7.82. The van der Waals surface area contributed by atoms with Gasteiger partial charge in [0.25, 0.3) is 5.69 Å². The van der Waals surface area contributed by atoms with Crippen LogP contribution in [0, 0.1) is 20.6 Å². The number of benzene rings is 1. The van der Waals surface area contributed by atoms with Gasteiger partial charge in [-0.1, -0.05) is 11.6 Å². The van der Waals surface area contributed by atoms with Crippen LogP contribution < -0.4 is 4.74 Å². The van der Waals surface area contributed by atoms with Crippen molar-refractivity contribution in [2.24, 2.45) is 0 Å². The number of halogens is 2. The molecule has 0 spiro atoms. The van der Waals surface area contributed by atoms with Crippen molar-refractivity contribution in [3.05, 3.63) is 48.9 Å². The van der Waals surface area contributed by atoms with Gasteiger partial charge in [0.05, 0.1) is 14.6 Å². The summed E-state index contributed by atoms with van der Waals surface area (Å²) < 4.78 is 6.25. The number of ether oxygens (including phenoxy) is 1. The summed E-state index contributed by atoms with van der Waals surface area (Å²) in [7, 11) is 0. The maximum absolute atomic E-state index is 10.7. The zero-order chi connectivity index (χ0) is 14.0. The van der Waals surface area contributed by atoms with Crippen LogP contribution in [0.5, 0.6) is 11.6 Å². The Kier molecular flexibility index (Phi) is 4.15. The third-order valence-corrected chi connectivity index (χ3v) is 3.21. The van der Waals surface area contributed by atoms with E-state index in [1.54, 1.807) is 13.0 Å². The molecule has 0 radical (unpaired) electrons. The molecule has 0 aliphatic rings. The number of rotatable bonds is 3. The lowest BCUT2D eigenvalue weighted by Gasteiger charge is -2.07. The summed E-state index contributed by atoms with van der Waals surface area (Å²) in [5.74, 6) is 1.06. The highest BCUT2D eigenvalue weighted by molar-refractivity contribution is 14.1. The Morgan fingerprint density at radius 1 is 1.37 bits per heavy atom. The van der Waals surface area contributed by atoms with Gasteiger partial charge >= 0.3 is 0 Å². The van der Waals surface area contributed by atoms with Crippen molar-refractivity contribution >= 4 is 39.9 Å². The van der Waals surface area contributed by atoms with Crippen molar-refractivity contribution < 1.29 is 9.66 Å². The Balaban J connectivity index is 2.37. The molecule has 0 atom stereocenters. The molecule has 0 saturated carbocycles. The molecule has 0 aliphatic carbocycles. The fraction of sp³-hybridized carbons (Fsp3) is 0.0909. The first-order chi connectivity index (χ1) is 8.95. The lowest BCUT2D eigenvalue weighted by molar-refractivity contribution is -0.384. The maximum atomic E-state index is 10.7. The normalized spacial score (nSPS) is 10.3. The van der Waals surface area contributed by atoms with Crippen LogP contribution in [0.15, 0.2) is 24.3 Å². The van der Waals surface area contributed by atoms with Crippen LogP contribution in [0.3, 0.4) is 0 Å². The van der Waals surface area contributed by atoms with E-state index in [-0.39, 0.29) is 16.7 Å². The van der Waals surface area contributed by atoms with Crippen LogP contribution in [0.1, 0.15) is 5.82 Å². The first-order valence-corrected chi connectivity index (χ1v) is 6.54. The molecule has 1 aromatic carbocycles. The molecule has 0 saturated heterocycles.